The molecule has 0 saturated heterocycles. The van der Waals surface area contributed by atoms with Crippen molar-refractivity contribution >= 4 is 0 Å². The van der Waals surface area contributed by atoms with Gasteiger partial charge < -0.3 is 0 Å². The number of rotatable bonds is 7. The van der Waals surface area contributed by atoms with Gasteiger partial charge in [0.25, 0.3) is 0 Å². The van der Waals surface area contributed by atoms with Crippen LogP contribution in [0.15, 0.2) is 0 Å². The van der Waals surface area contributed by atoms with Crippen LogP contribution in [0.4, 0.5) is 0 Å². The number of hydrogen-bond acceptors (Lipinski definition) is 0. The minimum Gasteiger partial charge on any atom is -0.120 e. The van der Waals surface area contributed by atoms with Gasteiger partial charge in [0.2, 0.25) is 0 Å². The van der Waals surface area contributed by atoms with Crippen LogP contribution in [0, 0.1) is 47.9 Å². The molecule has 106 valence electrons. The van der Waals surface area contributed by atoms with Gasteiger partial charge in [0.05, 0.1) is 6.42 Å². The minimum absolute atomic E-state index is 0.668. The zero-order chi connectivity index (χ0) is 14.7. The molecule has 0 heterocycles. The Balaban J connectivity index is 3.35. The Morgan fingerprint density at radius 3 is 1.65 bits per heavy atom. The van der Waals surface area contributed by atoms with Crippen LogP contribution in [0.5, 0.6) is 0 Å². The van der Waals surface area contributed by atoms with E-state index in [4.69, 9.17) is 6.42 Å². The largest absolute Gasteiger partial charge is 0.120 e. The van der Waals surface area contributed by atoms with Crippen molar-refractivity contribution in [3.05, 3.63) is 0 Å². The molecule has 0 atom stereocenters. The molecule has 0 nitrogen and oxygen atoms in total. The van der Waals surface area contributed by atoms with Gasteiger partial charge in [0.15, 0.2) is 0 Å². The molecule has 0 aromatic carbocycles. The average molecular weight is 266 g/mol. The summed E-state index contributed by atoms with van der Waals surface area (Å²) >= 11 is 0. The van der Waals surface area contributed by atoms with E-state index in [0.717, 1.165) is 44.9 Å². The van der Waals surface area contributed by atoms with E-state index in [1.165, 1.54) is 19.3 Å². The second-order valence-electron chi connectivity index (χ2n) is 4.61. The predicted octanol–water partition coefficient (Wildman–Crippen LogP) is 4.94. The molecule has 0 aliphatic rings. The number of terminal acetylenes is 1. The zero-order valence-corrected chi connectivity index (χ0v) is 12.9. The molecule has 0 heteroatoms. The van der Waals surface area contributed by atoms with Crippen molar-refractivity contribution in [2.75, 3.05) is 0 Å². The Labute approximate surface area is 126 Å². The van der Waals surface area contributed by atoms with Crippen molar-refractivity contribution in [1.29, 1.82) is 0 Å². The van der Waals surface area contributed by atoms with E-state index in [-0.39, 0.29) is 0 Å². The summed E-state index contributed by atoms with van der Waals surface area (Å²) in [5, 5.41) is 0. The summed E-state index contributed by atoms with van der Waals surface area (Å²) in [6, 6.07) is 0. The van der Waals surface area contributed by atoms with Crippen LogP contribution in [0.25, 0.3) is 0 Å². The molecule has 0 saturated carbocycles. The first-order valence-corrected chi connectivity index (χ1v) is 7.72. The summed E-state index contributed by atoms with van der Waals surface area (Å²) < 4.78 is 0. The molecule has 0 aromatic heterocycles. The molecule has 0 spiro atoms. The van der Waals surface area contributed by atoms with Crippen molar-refractivity contribution in [2.45, 2.75) is 77.6 Å². The highest BCUT2D eigenvalue weighted by molar-refractivity contribution is 5.12. The van der Waals surface area contributed by atoms with Crippen molar-refractivity contribution < 1.29 is 0 Å². The Morgan fingerprint density at radius 1 is 0.600 bits per heavy atom. The lowest BCUT2D eigenvalue weighted by atomic mass is 10.2. The molecular weight excluding hydrogens is 240 g/mol. The summed E-state index contributed by atoms with van der Waals surface area (Å²) in [4.78, 5) is 0. The Morgan fingerprint density at radius 2 is 1.10 bits per heavy atom. The lowest BCUT2D eigenvalue weighted by Gasteiger charge is -1.90. The second-order valence-corrected chi connectivity index (χ2v) is 4.61. The van der Waals surface area contributed by atoms with Crippen molar-refractivity contribution in [2.24, 2.45) is 0 Å². The molecule has 20 heavy (non-hydrogen) atoms. The molecule has 0 aromatic rings. The maximum atomic E-state index is 5.13. The van der Waals surface area contributed by atoms with Crippen molar-refractivity contribution in [3.63, 3.8) is 0 Å². The van der Waals surface area contributed by atoms with Crippen molar-refractivity contribution in [1.82, 2.24) is 0 Å². The second kappa shape index (κ2) is 17.2. The van der Waals surface area contributed by atoms with Crippen LogP contribution in [-0.2, 0) is 0 Å². The third kappa shape index (κ3) is 16.2. The summed E-state index contributed by atoms with van der Waals surface area (Å²) in [5.74, 6) is 21.3. The average Bonchev–Trinajstić information content (AvgIpc) is 2.47. The fraction of sp³-hybridized carbons (Fsp3) is 0.600. The van der Waals surface area contributed by atoms with Gasteiger partial charge >= 0.3 is 0 Å². The third-order valence-electron chi connectivity index (χ3n) is 2.70. The van der Waals surface area contributed by atoms with Gasteiger partial charge in [0, 0.05) is 32.1 Å². The summed E-state index contributed by atoms with van der Waals surface area (Å²) in [6.07, 6.45) is 16.5. The van der Waals surface area contributed by atoms with Gasteiger partial charge in [-0.05, 0) is 19.3 Å². The van der Waals surface area contributed by atoms with Crippen LogP contribution in [-0.4, -0.2) is 0 Å². The van der Waals surface area contributed by atoms with E-state index in [1.807, 2.05) is 0 Å². The molecule has 0 amide bonds. The fourth-order valence-corrected chi connectivity index (χ4v) is 1.55. The first-order valence-electron chi connectivity index (χ1n) is 7.72. The van der Waals surface area contributed by atoms with Crippen LogP contribution in [0.2, 0.25) is 0 Å². The van der Waals surface area contributed by atoms with E-state index in [9.17, 15) is 0 Å². The van der Waals surface area contributed by atoms with E-state index < -0.39 is 0 Å². The summed E-state index contributed by atoms with van der Waals surface area (Å²) in [6.45, 7) is 2.22. The summed E-state index contributed by atoms with van der Waals surface area (Å²) in [7, 11) is 0. The highest BCUT2D eigenvalue weighted by Crippen LogP contribution is 1.99. The lowest BCUT2D eigenvalue weighted by Crippen LogP contribution is -1.75. The molecule has 0 bridgehead atoms. The first kappa shape index (κ1) is 18.2. The smallest absolute Gasteiger partial charge is 0.0702 e. The van der Waals surface area contributed by atoms with Crippen LogP contribution >= 0.6 is 0 Å². The van der Waals surface area contributed by atoms with Crippen LogP contribution in [0.3, 0.4) is 0 Å². The van der Waals surface area contributed by atoms with Crippen LogP contribution < -0.4 is 0 Å². The SMILES string of the molecule is C#CCCC#CCC#CCCCCC#CCCCCC. The number of unbranched alkanes of at least 4 members (excludes halogenated alkanes) is 7. The van der Waals surface area contributed by atoms with E-state index in [2.05, 4.69) is 48.4 Å². The van der Waals surface area contributed by atoms with Gasteiger partial charge in [0.1, 0.15) is 0 Å². The Hall–Kier alpha value is -1.76. The Kier molecular flexibility index (Phi) is 15.7. The Bertz CT molecular complexity index is 428. The summed E-state index contributed by atoms with van der Waals surface area (Å²) in [5.41, 5.74) is 0. The van der Waals surface area contributed by atoms with Crippen LogP contribution in [0.1, 0.15) is 77.6 Å². The molecule has 0 aliphatic carbocycles. The minimum atomic E-state index is 0.668. The van der Waals surface area contributed by atoms with E-state index >= 15 is 0 Å². The van der Waals surface area contributed by atoms with Gasteiger partial charge in [-0.1, -0.05) is 31.6 Å². The maximum absolute atomic E-state index is 5.13. The predicted molar refractivity (Wildman–Crippen MR) is 88.6 cm³/mol. The molecule has 0 aliphatic heterocycles. The molecular formula is C20H26. The quantitative estimate of drug-likeness (QED) is 0.452. The molecule has 0 radical (unpaired) electrons. The molecule has 0 rings (SSSR count). The van der Waals surface area contributed by atoms with Gasteiger partial charge in [-0.25, -0.2) is 0 Å². The maximum Gasteiger partial charge on any atom is 0.0702 e. The van der Waals surface area contributed by atoms with Gasteiger partial charge in [-0.2, -0.15) is 0 Å². The molecule has 0 unspecified atom stereocenters. The lowest BCUT2D eigenvalue weighted by molar-refractivity contribution is 0.735. The van der Waals surface area contributed by atoms with Crippen molar-refractivity contribution in [3.8, 4) is 47.9 Å². The third-order valence-corrected chi connectivity index (χ3v) is 2.70. The normalized spacial score (nSPS) is 8.20. The fourth-order valence-electron chi connectivity index (χ4n) is 1.55. The molecule has 0 fully saturated rings. The zero-order valence-electron chi connectivity index (χ0n) is 12.9. The number of hydrogen-bond donors (Lipinski definition) is 0. The highest BCUT2D eigenvalue weighted by atomic mass is 13.9. The van der Waals surface area contributed by atoms with E-state index in [0.29, 0.717) is 6.42 Å². The monoisotopic (exact) mass is 266 g/mol. The topological polar surface area (TPSA) is 0 Å². The highest BCUT2D eigenvalue weighted by Gasteiger charge is 1.84. The van der Waals surface area contributed by atoms with Gasteiger partial charge in [-0.15, -0.1) is 36.0 Å². The standard InChI is InChI=1S/C20H26/c1-3-5-7-9-11-13-15-17-19-20-18-16-14-12-10-8-6-4-2/h1H,4-8,10,13,16,18-20H2,2H3. The first-order chi connectivity index (χ1) is 9.91. The molecule has 0 N–H and O–H groups in total. The van der Waals surface area contributed by atoms with Gasteiger partial charge in [-0.3, -0.25) is 0 Å². The van der Waals surface area contributed by atoms with E-state index in [1.54, 1.807) is 0 Å².